The lowest BCUT2D eigenvalue weighted by molar-refractivity contribution is 0.374. The number of alkyl halides is 1. The van der Waals surface area contributed by atoms with Crippen molar-refractivity contribution in [3.63, 3.8) is 0 Å². The standard InChI is InChI=1S/C12H12FN5/c1-8-3-4-17-12(16-8)11(6-15-17)18-7-10(5-14-18)9(2)13/h3-7,9H,1-2H3. The summed E-state index contributed by atoms with van der Waals surface area (Å²) in [6.07, 6.45) is 5.65. The molecule has 92 valence electrons. The predicted octanol–water partition coefficient (Wildman–Crippen LogP) is 2.25. The van der Waals surface area contributed by atoms with Gasteiger partial charge >= 0.3 is 0 Å². The highest BCUT2D eigenvalue weighted by Crippen LogP contribution is 2.19. The lowest BCUT2D eigenvalue weighted by atomic mass is 10.2. The fourth-order valence-electron chi connectivity index (χ4n) is 1.78. The van der Waals surface area contributed by atoms with Crippen molar-refractivity contribution in [3.05, 3.63) is 42.1 Å². The Morgan fingerprint density at radius 1 is 1.28 bits per heavy atom. The molecule has 3 rings (SSSR count). The van der Waals surface area contributed by atoms with E-state index in [0.717, 1.165) is 11.4 Å². The van der Waals surface area contributed by atoms with E-state index in [1.165, 1.54) is 13.1 Å². The van der Waals surface area contributed by atoms with Gasteiger partial charge in [-0.15, -0.1) is 0 Å². The molecule has 5 nitrogen and oxygen atoms in total. The lowest BCUT2D eigenvalue weighted by Gasteiger charge is -1.99. The van der Waals surface area contributed by atoms with Crippen molar-refractivity contribution in [2.24, 2.45) is 0 Å². The summed E-state index contributed by atoms with van der Waals surface area (Å²) in [4.78, 5) is 4.41. The molecule has 0 fully saturated rings. The van der Waals surface area contributed by atoms with Gasteiger partial charge in [0.05, 0.1) is 12.4 Å². The molecule has 3 heterocycles. The van der Waals surface area contributed by atoms with E-state index in [9.17, 15) is 4.39 Å². The molecule has 0 aliphatic rings. The first-order valence-corrected chi connectivity index (χ1v) is 5.65. The van der Waals surface area contributed by atoms with Gasteiger partial charge in [0.2, 0.25) is 0 Å². The number of aryl methyl sites for hydroxylation is 1. The van der Waals surface area contributed by atoms with Gasteiger partial charge < -0.3 is 0 Å². The van der Waals surface area contributed by atoms with Crippen molar-refractivity contribution >= 4 is 5.65 Å². The van der Waals surface area contributed by atoms with Crippen molar-refractivity contribution in [1.82, 2.24) is 24.4 Å². The van der Waals surface area contributed by atoms with Crippen LogP contribution < -0.4 is 0 Å². The van der Waals surface area contributed by atoms with Crippen LogP contribution in [0.1, 0.15) is 24.4 Å². The molecule has 0 N–H and O–H groups in total. The minimum absolute atomic E-state index is 0.544. The predicted molar refractivity (Wildman–Crippen MR) is 64.4 cm³/mol. The second kappa shape index (κ2) is 3.90. The zero-order valence-electron chi connectivity index (χ0n) is 10.1. The van der Waals surface area contributed by atoms with E-state index in [2.05, 4.69) is 15.2 Å². The summed E-state index contributed by atoms with van der Waals surface area (Å²) < 4.78 is 16.4. The van der Waals surface area contributed by atoms with Crippen LogP contribution in [-0.2, 0) is 0 Å². The van der Waals surface area contributed by atoms with E-state index in [4.69, 9.17) is 0 Å². The highest BCUT2D eigenvalue weighted by Gasteiger charge is 2.11. The van der Waals surface area contributed by atoms with Crippen LogP contribution in [0.3, 0.4) is 0 Å². The summed E-state index contributed by atoms with van der Waals surface area (Å²) in [5.41, 5.74) is 2.89. The monoisotopic (exact) mass is 245 g/mol. The first kappa shape index (κ1) is 10.9. The Hall–Kier alpha value is -2.24. The van der Waals surface area contributed by atoms with Crippen LogP contribution in [0.15, 0.2) is 30.9 Å². The van der Waals surface area contributed by atoms with Gasteiger partial charge in [-0.05, 0) is 19.9 Å². The van der Waals surface area contributed by atoms with Crippen LogP contribution in [-0.4, -0.2) is 24.4 Å². The Morgan fingerprint density at radius 3 is 2.83 bits per heavy atom. The Labute approximate surface area is 103 Å². The van der Waals surface area contributed by atoms with Crippen molar-refractivity contribution in [2.75, 3.05) is 0 Å². The molecule has 1 unspecified atom stereocenters. The molecule has 0 saturated carbocycles. The molecular formula is C12H12FN5. The molecule has 0 spiro atoms. The van der Waals surface area contributed by atoms with Gasteiger partial charge in [0.15, 0.2) is 5.65 Å². The third-order valence-electron chi connectivity index (χ3n) is 2.80. The summed E-state index contributed by atoms with van der Waals surface area (Å²) in [6, 6.07) is 1.88. The number of hydrogen-bond acceptors (Lipinski definition) is 3. The van der Waals surface area contributed by atoms with E-state index in [1.54, 1.807) is 21.6 Å². The Balaban J connectivity index is 2.15. The van der Waals surface area contributed by atoms with Crippen molar-refractivity contribution < 1.29 is 4.39 Å². The van der Waals surface area contributed by atoms with Crippen LogP contribution >= 0.6 is 0 Å². The molecule has 1 atom stereocenters. The second-order valence-electron chi connectivity index (χ2n) is 4.20. The molecule has 0 aromatic carbocycles. The minimum atomic E-state index is -1.03. The van der Waals surface area contributed by atoms with Gasteiger partial charge in [0, 0.05) is 23.7 Å². The van der Waals surface area contributed by atoms with Gasteiger partial charge in [-0.2, -0.15) is 10.2 Å². The molecular weight excluding hydrogens is 233 g/mol. The van der Waals surface area contributed by atoms with E-state index >= 15 is 0 Å². The zero-order chi connectivity index (χ0) is 12.7. The van der Waals surface area contributed by atoms with Crippen molar-refractivity contribution in [2.45, 2.75) is 20.0 Å². The van der Waals surface area contributed by atoms with Crippen LogP contribution in [0.5, 0.6) is 0 Å². The number of rotatable bonds is 2. The van der Waals surface area contributed by atoms with Gasteiger partial charge in [0.1, 0.15) is 11.9 Å². The maximum Gasteiger partial charge on any atom is 0.181 e. The Bertz CT molecular complexity index is 697. The normalized spacial score (nSPS) is 13.1. The summed E-state index contributed by atoms with van der Waals surface area (Å²) in [6.45, 7) is 3.40. The Morgan fingerprint density at radius 2 is 2.11 bits per heavy atom. The van der Waals surface area contributed by atoms with E-state index < -0.39 is 6.17 Å². The molecule has 0 amide bonds. The maximum absolute atomic E-state index is 13.2. The molecule has 0 bridgehead atoms. The summed E-state index contributed by atoms with van der Waals surface area (Å²) in [7, 11) is 0. The Kier molecular flexibility index (Phi) is 2.36. The van der Waals surface area contributed by atoms with Gasteiger partial charge in [-0.1, -0.05) is 0 Å². The fraction of sp³-hybridized carbons (Fsp3) is 0.250. The van der Waals surface area contributed by atoms with Crippen LogP contribution in [0.2, 0.25) is 0 Å². The molecule has 0 radical (unpaired) electrons. The fourth-order valence-corrected chi connectivity index (χ4v) is 1.78. The number of nitrogens with zero attached hydrogens (tertiary/aromatic N) is 5. The minimum Gasteiger partial charge on any atom is -0.242 e. The molecule has 3 aromatic rings. The molecule has 6 heteroatoms. The first-order valence-electron chi connectivity index (χ1n) is 5.65. The van der Waals surface area contributed by atoms with Crippen LogP contribution in [0, 0.1) is 6.92 Å². The molecule has 0 saturated heterocycles. The van der Waals surface area contributed by atoms with E-state index in [0.29, 0.717) is 11.2 Å². The first-order chi connectivity index (χ1) is 8.65. The van der Waals surface area contributed by atoms with Gasteiger partial charge in [-0.3, -0.25) is 0 Å². The highest BCUT2D eigenvalue weighted by atomic mass is 19.1. The van der Waals surface area contributed by atoms with Crippen molar-refractivity contribution in [1.29, 1.82) is 0 Å². The van der Waals surface area contributed by atoms with Gasteiger partial charge in [0.25, 0.3) is 0 Å². The number of halogens is 1. The summed E-state index contributed by atoms with van der Waals surface area (Å²) in [5, 5.41) is 8.33. The lowest BCUT2D eigenvalue weighted by Crippen LogP contribution is -1.97. The maximum atomic E-state index is 13.2. The largest absolute Gasteiger partial charge is 0.242 e. The van der Waals surface area contributed by atoms with E-state index in [-0.39, 0.29) is 0 Å². The molecule has 0 aliphatic heterocycles. The van der Waals surface area contributed by atoms with Gasteiger partial charge in [-0.25, -0.2) is 18.6 Å². The van der Waals surface area contributed by atoms with Crippen LogP contribution in [0.4, 0.5) is 4.39 Å². The number of hydrogen-bond donors (Lipinski definition) is 0. The topological polar surface area (TPSA) is 48.0 Å². The number of fused-ring (bicyclic) bond motifs is 1. The zero-order valence-corrected chi connectivity index (χ0v) is 10.1. The summed E-state index contributed by atoms with van der Waals surface area (Å²) in [5.74, 6) is 0. The number of aromatic nitrogens is 5. The third-order valence-corrected chi connectivity index (χ3v) is 2.80. The smallest absolute Gasteiger partial charge is 0.181 e. The SMILES string of the molecule is Cc1ccn2ncc(-n3cc(C(C)F)cn3)c2n1. The van der Waals surface area contributed by atoms with Crippen LogP contribution in [0.25, 0.3) is 11.3 Å². The van der Waals surface area contributed by atoms with Crippen molar-refractivity contribution in [3.8, 4) is 5.69 Å². The third kappa shape index (κ3) is 1.66. The quantitative estimate of drug-likeness (QED) is 0.695. The van der Waals surface area contributed by atoms with E-state index in [1.807, 2.05) is 19.2 Å². The average molecular weight is 245 g/mol. The molecule has 18 heavy (non-hydrogen) atoms. The highest BCUT2D eigenvalue weighted by molar-refractivity contribution is 5.57. The molecule has 3 aromatic heterocycles. The molecule has 0 aliphatic carbocycles. The second-order valence-corrected chi connectivity index (χ2v) is 4.20. The summed E-state index contributed by atoms with van der Waals surface area (Å²) >= 11 is 0. The average Bonchev–Trinajstić information content (AvgIpc) is 2.93.